The summed E-state index contributed by atoms with van der Waals surface area (Å²) in [6.45, 7) is 18.2. The molecule has 0 amide bonds. The summed E-state index contributed by atoms with van der Waals surface area (Å²) < 4.78 is 26.7. The van der Waals surface area contributed by atoms with Gasteiger partial charge in [0.1, 0.15) is 29.5 Å². The van der Waals surface area contributed by atoms with E-state index in [-0.39, 0.29) is 24.7 Å². The van der Waals surface area contributed by atoms with Gasteiger partial charge in [-0.2, -0.15) is 0 Å². The Morgan fingerprint density at radius 3 is 2.53 bits per heavy atom. The first kappa shape index (κ1) is 30.1. The second kappa shape index (κ2) is 8.22. The van der Waals surface area contributed by atoms with Crippen LogP contribution >= 0.6 is 11.6 Å². The molecule has 13 atom stereocenters. The molecule has 2 saturated heterocycles. The summed E-state index contributed by atoms with van der Waals surface area (Å²) in [5, 5.41) is 51.6. The van der Waals surface area contributed by atoms with Gasteiger partial charge in [0.05, 0.1) is 17.1 Å². The first-order valence-electron chi connectivity index (χ1n) is 17.2. The summed E-state index contributed by atoms with van der Waals surface area (Å²) in [6, 6.07) is 1.90. The Balaban J connectivity index is 1.23. The van der Waals surface area contributed by atoms with E-state index in [2.05, 4.69) is 18.1 Å². The van der Waals surface area contributed by atoms with Crippen LogP contribution in [-0.2, 0) is 36.4 Å². The van der Waals surface area contributed by atoms with Crippen LogP contribution in [0, 0.1) is 17.3 Å². The number of nitrogens with one attached hydrogen (secondary N) is 1. The lowest BCUT2D eigenvalue weighted by atomic mass is 9.39. The van der Waals surface area contributed by atoms with Gasteiger partial charge in [0.25, 0.3) is 0 Å². The normalized spacial score (nSPS) is 52.6. The SMILES string of the molecule is C=C(C)C1OC2CCC3(C)C(O)(CCC4(O)OC5OC(C)(C)C6CC7C(=C)Cc8c(Cl)cc9[nH]c(c5c9c8C76O)C43C)C23OC3C1O. The molecule has 0 radical (unpaired) electrons. The highest BCUT2D eigenvalue weighted by Gasteiger charge is 2.88. The molecule has 9 nitrogen and oxygen atoms in total. The van der Waals surface area contributed by atoms with Crippen molar-refractivity contribution in [3.8, 4) is 0 Å². The third-order valence-electron chi connectivity index (χ3n) is 15.1. The minimum Gasteiger partial charge on any atom is -0.387 e. The van der Waals surface area contributed by atoms with E-state index < -0.39 is 69.7 Å². The molecule has 4 aliphatic heterocycles. The largest absolute Gasteiger partial charge is 0.387 e. The Hall–Kier alpha value is -1.79. The number of aromatic nitrogens is 1. The lowest BCUT2D eigenvalue weighted by Crippen LogP contribution is -2.80. The van der Waals surface area contributed by atoms with Crippen LogP contribution in [0.3, 0.4) is 0 Å². The van der Waals surface area contributed by atoms with Crippen LogP contribution in [0.1, 0.15) is 95.4 Å². The van der Waals surface area contributed by atoms with Gasteiger partial charge in [0.2, 0.25) is 0 Å². The van der Waals surface area contributed by atoms with Gasteiger partial charge in [-0.15, -0.1) is 0 Å². The van der Waals surface area contributed by atoms with Crippen LogP contribution in [0.25, 0.3) is 10.9 Å². The van der Waals surface area contributed by atoms with Crippen LogP contribution in [0.4, 0.5) is 0 Å². The van der Waals surface area contributed by atoms with Crippen molar-refractivity contribution in [3.05, 3.63) is 57.8 Å². The minimum absolute atomic E-state index is 0.101. The zero-order valence-corrected chi connectivity index (χ0v) is 28.3. The van der Waals surface area contributed by atoms with Crippen LogP contribution in [0.2, 0.25) is 5.02 Å². The Morgan fingerprint density at radius 2 is 1.81 bits per heavy atom. The molecule has 4 aliphatic carbocycles. The van der Waals surface area contributed by atoms with Gasteiger partial charge in [-0.25, -0.2) is 0 Å². The number of aliphatic hydroxyl groups is 4. The van der Waals surface area contributed by atoms with Crippen molar-refractivity contribution >= 4 is 22.5 Å². The summed E-state index contributed by atoms with van der Waals surface area (Å²) in [7, 11) is 0. The number of aromatic amines is 1. The molecule has 1 spiro atoms. The van der Waals surface area contributed by atoms with Crippen molar-refractivity contribution < 1.29 is 39.4 Å². The quantitative estimate of drug-likeness (QED) is 0.218. The van der Waals surface area contributed by atoms with Crippen LogP contribution in [0.15, 0.2) is 30.4 Å². The maximum absolute atomic E-state index is 13.2. The number of benzene rings is 1. The van der Waals surface area contributed by atoms with Gasteiger partial charge in [-0.05, 0) is 82.6 Å². The van der Waals surface area contributed by atoms with Gasteiger partial charge in [-0.1, -0.05) is 37.3 Å². The van der Waals surface area contributed by atoms with Gasteiger partial charge in [-0.3, -0.25) is 0 Å². The summed E-state index contributed by atoms with van der Waals surface area (Å²) >= 11 is 7.05. The molecule has 10 heteroatoms. The number of ether oxygens (including phenoxy) is 4. The molecule has 3 saturated carbocycles. The number of H-pyrrole nitrogens is 1. The summed E-state index contributed by atoms with van der Waals surface area (Å²) in [4.78, 5) is 3.69. The van der Waals surface area contributed by atoms with Crippen molar-refractivity contribution in [2.24, 2.45) is 17.3 Å². The molecule has 13 unspecified atom stereocenters. The Kier molecular flexibility index (Phi) is 5.26. The molecule has 8 aliphatic rings. The molecule has 1 aromatic carbocycles. The second-order valence-electron chi connectivity index (χ2n) is 17.1. The van der Waals surface area contributed by atoms with Crippen LogP contribution in [0.5, 0.6) is 0 Å². The maximum atomic E-state index is 13.2. The van der Waals surface area contributed by atoms with E-state index in [0.717, 1.165) is 39.6 Å². The monoisotopic (exact) mass is 665 g/mol. The average Bonchev–Trinajstić information content (AvgIpc) is 3.64. The van der Waals surface area contributed by atoms with E-state index >= 15 is 0 Å². The average molecular weight is 666 g/mol. The van der Waals surface area contributed by atoms with E-state index in [0.29, 0.717) is 35.6 Å². The Morgan fingerprint density at radius 1 is 1.06 bits per heavy atom. The number of fused-ring (bicyclic) bond motifs is 4. The van der Waals surface area contributed by atoms with E-state index in [1.54, 1.807) is 0 Å². The zero-order chi connectivity index (χ0) is 33.2. The molecule has 10 rings (SSSR count). The van der Waals surface area contributed by atoms with E-state index in [1.165, 1.54) is 0 Å². The molecule has 5 N–H and O–H groups in total. The highest BCUT2D eigenvalue weighted by Crippen LogP contribution is 2.76. The first-order valence-corrected chi connectivity index (χ1v) is 17.5. The van der Waals surface area contributed by atoms with Crippen molar-refractivity contribution in [3.63, 3.8) is 0 Å². The van der Waals surface area contributed by atoms with Gasteiger partial charge in [0, 0.05) is 50.9 Å². The Bertz CT molecular complexity index is 1870. The highest BCUT2D eigenvalue weighted by molar-refractivity contribution is 6.32. The third kappa shape index (κ3) is 2.85. The number of hydrogen-bond acceptors (Lipinski definition) is 8. The standard InChI is InChI=1S/C37H44ClNO8/c1-15(2)27-26(40)29-37(45-29)22(44-27)8-9-32(6)33(7)28-24-23-20(39-28)14-19(38)17-12-16(3)18-13-21(36(18,43)25(17)23)31(4,5)46-30(24)47-35(33,42)11-10-34(32,37)41/h14,18,21-22,26-27,29-30,39-43H,1,3,8-13H2,2,4-7H3. The fraction of sp³-hybridized carbons (Fsp3) is 0.676. The number of rotatable bonds is 1. The number of epoxide rings is 1. The third-order valence-corrected chi connectivity index (χ3v) is 15.4. The lowest BCUT2D eigenvalue weighted by molar-refractivity contribution is -0.407. The molecular weight excluding hydrogens is 622 g/mol. The van der Waals surface area contributed by atoms with Crippen molar-refractivity contribution in [1.29, 1.82) is 0 Å². The van der Waals surface area contributed by atoms with Gasteiger partial charge >= 0.3 is 0 Å². The van der Waals surface area contributed by atoms with Crippen molar-refractivity contribution in [2.75, 3.05) is 0 Å². The summed E-state index contributed by atoms with van der Waals surface area (Å²) in [5.74, 6) is -2.11. The van der Waals surface area contributed by atoms with Crippen molar-refractivity contribution in [2.45, 2.75) is 137 Å². The smallest absolute Gasteiger partial charge is 0.190 e. The second-order valence-corrected chi connectivity index (χ2v) is 17.5. The molecule has 0 bridgehead atoms. The van der Waals surface area contributed by atoms with Gasteiger partial charge < -0.3 is 44.4 Å². The van der Waals surface area contributed by atoms with E-state index in [9.17, 15) is 20.4 Å². The number of aliphatic hydroxyl groups excluding tert-OH is 1. The maximum Gasteiger partial charge on any atom is 0.190 e. The lowest BCUT2D eigenvalue weighted by Gasteiger charge is -2.70. The molecule has 5 heterocycles. The van der Waals surface area contributed by atoms with E-state index in [1.807, 2.05) is 40.7 Å². The summed E-state index contributed by atoms with van der Waals surface area (Å²) in [5.41, 5.74) is -1.38. The highest BCUT2D eigenvalue weighted by atomic mass is 35.5. The predicted octanol–water partition coefficient (Wildman–Crippen LogP) is 4.71. The van der Waals surface area contributed by atoms with Gasteiger partial charge in [0.15, 0.2) is 17.7 Å². The van der Waals surface area contributed by atoms with Crippen molar-refractivity contribution in [1.82, 2.24) is 4.98 Å². The predicted molar refractivity (Wildman–Crippen MR) is 172 cm³/mol. The van der Waals surface area contributed by atoms with Crippen LogP contribution < -0.4 is 0 Å². The molecule has 2 aromatic rings. The fourth-order valence-corrected chi connectivity index (χ4v) is 12.7. The molecule has 1 aromatic heterocycles. The number of hydrogen-bond donors (Lipinski definition) is 5. The zero-order valence-electron chi connectivity index (χ0n) is 27.6. The molecule has 47 heavy (non-hydrogen) atoms. The molecule has 252 valence electrons. The van der Waals surface area contributed by atoms with Crippen LogP contribution in [-0.4, -0.2) is 72.4 Å². The first-order chi connectivity index (χ1) is 21.9. The minimum atomic E-state index is -1.74. The fourth-order valence-electron chi connectivity index (χ4n) is 12.4. The van der Waals surface area contributed by atoms with E-state index in [4.69, 9.17) is 30.5 Å². The summed E-state index contributed by atoms with van der Waals surface area (Å²) in [6.07, 6.45) is -0.935. The molecule has 5 fully saturated rings. The molecular formula is C37H44ClNO8. The number of halogens is 1. The topological polar surface area (TPSA) is 137 Å². The Labute approximate surface area is 278 Å².